The van der Waals surface area contributed by atoms with Gasteiger partial charge in [0.25, 0.3) is 0 Å². The lowest BCUT2D eigenvalue weighted by Crippen LogP contribution is -2.23. The molecular formula is C6H10ClN3. The highest BCUT2D eigenvalue weighted by atomic mass is 35.5. The summed E-state index contributed by atoms with van der Waals surface area (Å²) >= 11 is 0. The highest BCUT2D eigenvalue weighted by Gasteiger charge is 2.08. The predicted octanol–water partition coefficient (Wildman–Crippen LogP) is 0.477. The first kappa shape index (κ1) is 7.57. The van der Waals surface area contributed by atoms with E-state index in [2.05, 4.69) is 15.3 Å². The molecule has 4 heteroatoms. The smallest absolute Gasteiger partial charge is 0.0925 e. The van der Waals surface area contributed by atoms with Crippen LogP contribution in [-0.2, 0) is 13.0 Å². The number of halogens is 1. The van der Waals surface area contributed by atoms with Crippen LogP contribution < -0.4 is 5.32 Å². The second-order valence-corrected chi connectivity index (χ2v) is 2.25. The van der Waals surface area contributed by atoms with Crippen LogP contribution in [0.1, 0.15) is 11.4 Å². The second-order valence-electron chi connectivity index (χ2n) is 2.25. The van der Waals surface area contributed by atoms with E-state index in [9.17, 15) is 0 Å². The molecule has 0 bridgehead atoms. The predicted molar refractivity (Wildman–Crippen MR) is 41.2 cm³/mol. The molecule has 56 valence electrons. The number of nitrogens with one attached hydrogen (secondary N) is 2. The quantitative estimate of drug-likeness (QED) is 0.578. The van der Waals surface area contributed by atoms with E-state index < -0.39 is 0 Å². The third-order valence-corrected chi connectivity index (χ3v) is 1.65. The molecule has 1 aromatic rings. The van der Waals surface area contributed by atoms with Crippen LogP contribution in [0.3, 0.4) is 0 Å². The zero-order valence-corrected chi connectivity index (χ0v) is 6.37. The topological polar surface area (TPSA) is 40.7 Å². The zero-order chi connectivity index (χ0) is 6.10. The molecule has 0 atom stereocenters. The minimum absolute atomic E-state index is 0. The SMILES string of the molecule is Cl.c1nc2c([nH]1)CNCC2. The van der Waals surface area contributed by atoms with Crippen molar-refractivity contribution in [2.75, 3.05) is 6.54 Å². The number of nitrogens with zero attached hydrogens (tertiary/aromatic N) is 1. The first-order chi connectivity index (χ1) is 4.47. The molecule has 2 N–H and O–H groups in total. The maximum absolute atomic E-state index is 4.16. The summed E-state index contributed by atoms with van der Waals surface area (Å²) < 4.78 is 0. The van der Waals surface area contributed by atoms with Gasteiger partial charge in [-0.15, -0.1) is 12.4 Å². The minimum atomic E-state index is 0. The first-order valence-corrected chi connectivity index (χ1v) is 3.18. The summed E-state index contributed by atoms with van der Waals surface area (Å²) in [6.45, 7) is 2.02. The summed E-state index contributed by atoms with van der Waals surface area (Å²) in [6, 6.07) is 0. The van der Waals surface area contributed by atoms with Crippen molar-refractivity contribution in [2.24, 2.45) is 0 Å². The van der Waals surface area contributed by atoms with Gasteiger partial charge in [-0.05, 0) is 0 Å². The molecule has 0 radical (unpaired) electrons. The molecule has 1 aliphatic heterocycles. The molecule has 0 fully saturated rings. The second kappa shape index (κ2) is 3.03. The molecule has 0 aliphatic carbocycles. The van der Waals surface area contributed by atoms with Crippen molar-refractivity contribution in [3.8, 4) is 0 Å². The van der Waals surface area contributed by atoms with Crippen molar-refractivity contribution >= 4 is 12.4 Å². The summed E-state index contributed by atoms with van der Waals surface area (Å²) in [6.07, 6.45) is 2.83. The van der Waals surface area contributed by atoms with Crippen LogP contribution in [0.5, 0.6) is 0 Å². The van der Waals surface area contributed by atoms with E-state index in [1.165, 1.54) is 11.4 Å². The van der Waals surface area contributed by atoms with Gasteiger partial charge in [0.2, 0.25) is 0 Å². The van der Waals surface area contributed by atoms with E-state index >= 15 is 0 Å². The lowest BCUT2D eigenvalue weighted by atomic mass is 10.2. The third kappa shape index (κ3) is 1.15. The van der Waals surface area contributed by atoms with Crippen LogP contribution in [0, 0.1) is 0 Å². The summed E-state index contributed by atoms with van der Waals surface area (Å²) in [5.74, 6) is 0. The Kier molecular flexibility index (Phi) is 2.29. The number of imidazole rings is 1. The first-order valence-electron chi connectivity index (χ1n) is 3.18. The number of hydrogen-bond donors (Lipinski definition) is 2. The Morgan fingerprint density at radius 1 is 1.50 bits per heavy atom. The van der Waals surface area contributed by atoms with Crippen molar-refractivity contribution < 1.29 is 0 Å². The summed E-state index contributed by atoms with van der Waals surface area (Å²) in [7, 11) is 0. The molecule has 0 amide bonds. The molecule has 0 unspecified atom stereocenters. The highest BCUT2D eigenvalue weighted by molar-refractivity contribution is 5.85. The lowest BCUT2D eigenvalue weighted by Gasteiger charge is -2.09. The lowest BCUT2D eigenvalue weighted by molar-refractivity contribution is 0.627. The molecule has 1 aliphatic rings. The van der Waals surface area contributed by atoms with Crippen LogP contribution in [0.25, 0.3) is 0 Å². The number of fused-ring (bicyclic) bond motifs is 1. The summed E-state index contributed by atoms with van der Waals surface area (Å²) in [5.41, 5.74) is 2.48. The molecule has 0 aromatic carbocycles. The molecule has 3 nitrogen and oxygen atoms in total. The molecular weight excluding hydrogens is 150 g/mol. The van der Waals surface area contributed by atoms with Gasteiger partial charge in [-0.2, -0.15) is 0 Å². The van der Waals surface area contributed by atoms with E-state index in [1.54, 1.807) is 6.33 Å². The standard InChI is InChI=1S/C6H9N3.ClH/c1-2-7-3-6-5(1)8-4-9-6;/h4,7H,1-3H2,(H,8,9);1H. The van der Waals surface area contributed by atoms with Gasteiger partial charge in [-0.1, -0.05) is 0 Å². The molecule has 0 spiro atoms. The van der Waals surface area contributed by atoms with E-state index in [1.807, 2.05) is 0 Å². The van der Waals surface area contributed by atoms with E-state index in [4.69, 9.17) is 0 Å². The van der Waals surface area contributed by atoms with Crippen molar-refractivity contribution in [3.05, 3.63) is 17.7 Å². The minimum Gasteiger partial charge on any atom is -0.347 e. The Bertz CT molecular complexity index is 188. The Hall–Kier alpha value is -0.540. The van der Waals surface area contributed by atoms with Crippen molar-refractivity contribution in [2.45, 2.75) is 13.0 Å². The molecule has 0 saturated carbocycles. The normalized spacial score (nSPS) is 15.6. The number of H-pyrrole nitrogens is 1. The monoisotopic (exact) mass is 159 g/mol. The Morgan fingerprint density at radius 2 is 2.40 bits per heavy atom. The Balaban J connectivity index is 0.000000500. The largest absolute Gasteiger partial charge is 0.347 e. The third-order valence-electron chi connectivity index (χ3n) is 1.65. The van der Waals surface area contributed by atoms with Crippen LogP contribution in [-0.4, -0.2) is 16.5 Å². The fraction of sp³-hybridized carbons (Fsp3) is 0.500. The maximum atomic E-state index is 4.16. The van der Waals surface area contributed by atoms with E-state index in [0.29, 0.717) is 0 Å². The summed E-state index contributed by atoms with van der Waals surface area (Å²) in [5, 5.41) is 3.26. The molecule has 2 heterocycles. The molecule has 10 heavy (non-hydrogen) atoms. The van der Waals surface area contributed by atoms with Crippen LogP contribution in [0.15, 0.2) is 6.33 Å². The Labute approximate surface area is 65.7 Å². The molecule has 2 rings (SSSR count). The van der Waals surface area contributed by atoms with Gasteiger partial charge in [-0.25, -0.2) is 4.98 Å². The van der Waals surface area contributed by atoms with Gasteiger partial charge in [-0.3, -0.25) is 0 Å². The van der Waals surface area contributed by atoms with Crippen molar-refractivity contribution in [3.63, 3.8) is 0 Å². The van der Waals surface area contributed by atoms with Gasteiger partial charge in [0.05, 0.1) is 17.7 Å². The van der Waals surface area contributed by atoms with Gasteiger partial charge >= 0.3 is 0 Å². The highest BCUT2D eigenvalue weighted by Crippen LogP contribution is 2.06. The van der Waals surface area contributed by atoms with Gasteiger partial charge in [0.15, 0.2) is 0 Å². The number of rotatable bonds is 0. The number of aromatic nitrogens is 2. The molecule has 0 saturated heterocycles. The van der Waals surface area contributed by atoms with Gasteiger partial charge in [0.1, 0.15) is 0 Å². The summed E-state index contributed by atoms with van der Waals surface area (Å²) in [4.78, 5) is 7.25. The van der Waals surface area contributed by atoms with E-state index in [0.717, 1.165) is 19.5 Å². The average molecular weight is 160 g/mol. The number of hydrogen-bond acceptors (Lipinski definition) is 2. The van der Waals surface area contributed by atoms with Crippen LogP contribution in [0.4, 0.5) is 0 Å². The Morgan fingerprint density at radius 3 is 3.20 bits per heavy atom. The van der Waals surface area contributed by atoms with Crippen molar-refractivity contribution in [1.29, 1.82) is 0 Å². The maximum Gasteiger partial charge on any atom is 0.0925 e. The molecule has 1 aromatic heterocycles. The van der Waals surface area contributed by atoms with Crippen molar-refractivity contribution in [1.82, 2.24) is 15.3 Å². The van der Waals surface area contributed by atoms with Gasteiger partial charge < -0.3 is 10.3 Å². The van der Waals surface area contributed by atoms with E-state index in [-0.39, 0.29) is 12.4 Å². The van der Waals surface area contributed by atoms with Crippen LogP contribution in [0.2, 0.25) is 0 Å². The fourth-order valence-electron chi connectivity index (χ4n) is 1.14. The van der Waals surface area contributed by atoms with Crippen LogP contribution >= 0.6 is 12.4 Å². The zero-order valence-electron chi connectivity index (χ0n) is 5.55. The fourth-order valence-corrected chi connectivity index (χ4v) is 1.14. The average Bonchev–Trinajstić information content (AvgIpc) is 2.33. The number of aromatic amines is 1. The van der Waals surface area contributed by atoms with Gasteiger partial charge in [0, 0.05) is 19.5 Å².